The highest BCUT2D eigenvalue weighted by Gasteiger charge is 2.33. The number of carbonyl (C=O) groups excluding carboxylic acids is 3. The van der Waals surface area contributed by atoms with Gasteiger partial charge in [-0.05, 0) is 13.3 Å². The molecule has 0 aromatic rings. The Morgan fingerprint density at radius 2 is 1.35 bits per heavy atom. The summed E-state index contributed by atoms with van der Waals surface area (Å²) in [5, 5.41) is 51.1. The molecular weight excluding hydrogens is 424 g/mol. The lowest BCUT2D eigenvalue weighted by Crippen LogP contribution is -2.58. The average Bonchev–Trinajstić information content (AvgIpc) is 2.66. The van der Waals surface area contributed by atoms with Crippen LogP contribution in [0.4, 0.5) is 0 Å². The van der Waals surface area contributed by atoms with E-state index in [2.05, 4.69) is 5.32 Å². The van der Waals surface area contributed by atoms with Crippen LogP contribution in [0.15, 0.2) is 0 Å². The van der Waals surface area contributed by atoms with Gasteiger partial charge in [0, 0.05) is 6.42 Å². The van der Waals surface area contributed by atoms with Crippen LogP contribution in [-0.4, -0.2) is 98.0 Å². The quantitative estimate of drug-likeness (QED) is 0.121. The number of rotatable bonds is 14. The Morgan fingerprint density at radius 3 is 1.77 bits per heavy atom. The van der Waals surface area contributed by atoms with Crippen LogP contribution in [0.5, 0.6) is 0 Å². The predicted octanol–water partition coefficient (Wildman–Crippen LogP) is -4.43. The van der Waals surface area contributed by atoms with Crippen LogP contribution >= 0.6 is 0 Å². The molecule has 0 saturated carbocycles. The number of amides is 3. The number of nitrogens with one attached hydrogen (secondary N) is 3. The van der Waals surface area contributed by atoms with Crippen molar-refractivity contribution in [1.29, 1.82) is 0 Å². The fourth-order valence-corrected chi connectivity index (χ4v) is 2.20. The second-order valence-electron chi connectivity index (χ2n) is 6.51. The molecule has 176 valence electrons. The summed E-state index contributed by atoms with van der Waals surface area (Å²) in [5.74, 6) is -7.89. The van der Waals surface area contributed by atoms with Crippen LogP contribution in [0.1, 0.15) is 26.2 Å². The largest absolute Gasteiger partial charge is 0.481 e. The van der Waals surface area contributed by atoms with E-state index in [4.69, 9.17) is 26.2 Å². The van der Waals surface area contributed by atoms with E-state index in [-0.39, 0.29) is 0 Å². The lowest BCUT2D eigenvalue weighted by atomic mass is 10.1. The standard InChI is InChI=1S/C16H26N4O11/c1-6(22)12(16(30)31)20-15(29)9(4-11(25)26)19-14(28)8(2-3-10(23)24)18-13(27)7(17)5-21/h6-9,12,21-22H,2-5,17H2,1H3,(H,18,27)(H,19,28)(H,20,29)(H,23,24)(H,25,26)(H,30,31)/t6-,7+,8+,9+,12+/m1/s1. The number of aliphatic carboxylic acids is 3. The monoisotopic (exact) mass is 450 g/mol. The Bertz CT molecular complexity index is 697. The third-order valence-electron chi connectivity index (χ3n) is 3.87. The second kappa shape index (κ2) is 13.1. The fourth-order valence-electron chi connectivity index (χ4n) is 2.20. The number of hydrogen-bond donors (Lipinski definition) is 9. The molecule has 0 aliphatic heterocycles. The maximum Gasteiger partial charge on any atom is 0.328 e. The van der Waals surface area contributed by atoms with E-state index in [1.807, 2.05) is 10.6 Å². The molecule has 0 spiro atoms. The number of aliphatic hydroxyl groups is 2. The lowest BCUT2D eigenvalue weighted by Gasteiger charge is -2.24. The average molecular weight is 450 g/mol. The molecule has 0 heterocycles. The van der Waals surface area contributed by atoms with E-state index in [1.54, 1.807) is 0 Å². The SMILES string of the molecule is C[C@@H](O)[C@H](NC(=O)[C@H](CC(=O)O)NC(=O)[C@H](CCC(=O)O)NC(=O)[C@@H](N)CO)C(=O)O. The maximum atomic E-state index is 12.5. The molecule has 0 fully saturated rings. The van der Waals surface area contributed by atoms with Gasteiger partial charge >= 0.3 is 17.9 Å². The van der Waals surface area contributed by atoms with Gasteiger partial charge in [0.25, 0.3) is 0 Å². The van der Waals surface area contributed by atoms with Crippen LogP contribution in [0.2, 0.25) is 0 Å². The summed E-state index contributed by atoms with van der Waals surface area (Å²) in [7, 11) is 0. The van der Waals surface area contributed by atoms with Gasteiger partial charge in [0.05, 0.1) is 19.1 Å². The Balaban J connectivity index is 5.53. The first-order chi connectivity index (χ1) is 14.3. The van der Waals surface area contributed by atoms with E-state index < -0.39 is 91.8 Å². The molecule has 3 amide bonds. The van der Waals surface area contributed by atoms with Gasteiger partial charge in [-0.15, -0.1) is 0 Å². The van der Waals surface area contributed by atoms with Crippen LogP contribution in [0.3, 0.4) is 0 Å². The van der Waals surface area contributed by atoms with Crippen LogP contribution < -0.4 is 21.7 Å². The van der Waals surface area contributed by atoms with Crippen LogP contribution in [0, 0.1) is 0 Å². The topological polar surface area (TPSA) is 266 Å². The van der Waals surface area contributed by atoms with Crippen molar-refractivity contribution in [2.24, 2.45) is 5.73 Å². The van der Waals surface area contributed by atoms with Crippen molar-refractivity contribution in [2.75, 3.05) is 6.61 Å². The molecule has 0 unspecified atom stereocenters. The number of aliphatic hydroxyl groups excluding tert-OH is 2. The molecular formula is C16H26N4O11. The van der Waals surface area contributed by atoms with Gasteiger partial charge in [0.2, 0.25) is 17.7 Å². The number of carbonyl (C=O) groups is 6. The highest BCUT2D eigenvalue weighted by atomic mass is 16.4. The van der Waals surface area contributed by atoms with Gasteiger partial charge in [-0.25, -0.2) is 4.79 Å². The van der Waals surface area contributed by atoms with Gasteiger partial charge in [0.1, 0.15) is 18.1 Å². The zero-order valence-corrected chi connectivity index (χ0v) is 16.5. The first kappa shape index (κ1) is 27.7. The maximum absolute atomic E-state index is 12.5. The lowest BCUT2D eigenvalue weighted by molar-refractivity contribution is -0.146. The van der Waals surface area contributed by atoms with E-state index in [1.165, 1.54) is 0 Å². The Hall–Kier alpha value is -3.30. The third-order valence-corrected chi connectivity index (χ3v) is 3.87. The molecule has 0 bridgehead atoms. The highest BCUT2D eigenvalue weighted by molar-refractivity contribution is 5.95. The van der Waals surface area contributed by atoms with Crippen molar-refractivity contribution in [3.8, 4) is 0 Å². The summed E-state index contributed by atoms with van der Waals surface area (Å²) in [6, 6.07) is -6.61. The molecule has 15 heteroatoms. The summed E-state index contributed by atoms with van der Waals surface area (Å²) in [5.41, 5.74) is 5.32. The minimum atomic E-state index is -1.82. The predicted molar refractivity (Wildman–Crippen MR) is 99.3 cm³/mol. The molecule has 0 radical (unpaired) electrons. The summed E-state index contributed by atoms with van der Waals surface area (Å²) in [6.07, 6.45) is -3.59. The van der Waals surface area contributed by atoms with Crippen molar-refractivity contribution >= 4 is 35.6 Å². The molecule has 15 nitrogen and oxygen atoms in total. The Kier molecular flexibility index (Phi) is 11.7. The van der Waals surface area contributed by atoms with Crippen LogP contribution in [0.25, 0.3) is 0 Å². The summed E-state index contributed by atoms with van der Waals surface area (Å²) >= 11 is 0. The molecule has 0 aliphatic rings. The van der Waals surface area contributed by atoms with Gasteiger partial charge in [-0.2, -0.15) is 0 Å². The Labute approximate surface area is 175 Å². The summed E-state index contributed by atoms with van der Waals surface area (Å²) in [4.78, 5) is 69.6. The normalized spacial score (nSPS) is 15.5. The first-order valence-corrected chi connectivity index (χ1v) is 8.92. The van der Waals surface area contributed by atoms with E-state index in [0.29, 0.717) is 0 Å². The molecule has 0 rings (SSSR count). The van der Waals surface area contributed by atoms with Crippen molar-refractivity contribution in [2.45, 2.75) is 56.5 Å². The number of hydrogen-bond acceptors (Lipinski definition) is 9. The van der Waals surface area contributed by atoms with Crippen molar-refractivity contribution in [3.63, 3.8) is 0 Å². The number of nitrogens with two attached hydrogens (primary N) is 1. The van der Waals surface area contributed by atoms with Gasteiger partial charge < -0.3 is 47.2 Å². The fraction of sp³-hybridized carbons (Fsp3) is 0.625. The molecule has 0 aromatic heterocycles. The van der Waals surface area contributed by atoms with E-state index >= 15 is 0 Å². The molecule has 5 atom stereocenters. The molecule has 10 N–H and O–H groups in total. The van der Waals surface area contributed by atoms with Gasteiger partial charge in [-0.1, -0.05) is 0 Å². The second-order valence-corrected chi connectivity index (χ2v) is 6.51. The highest BCUT2D eigenvalue weighted by Crippen LogP contribution is 2.03. The first-order valence-electron chi connectivity index (χ1n) is 8.92. The molecule has 0 aliphatic carbocycles. The van der Waals surface area contributed by atoms with Crippen molar-refractivity contribution < 1.29 is 54.3 Å². The zero-order chi connectivity index (χ0) is 24.3. The minimum Gasteiger partial charge on any atom is -0.481 e. The van der Waals surface area contributed by atoms with Gasteiger partial charge in [0.15, 0.2) is 6.04 Å². The third kappa shape index (κ3) is 10.3. The van der Waals surface area contributed by atoms with Crippen molar-refractivity contribution in [1.82, 2.24) is 16.0 Å². The number of carboxylic acid groups (broad SMARTS) is 3. The summed E-state index contributed by atoms with van der Waals surface area (Å²) in [6.45, 7) is 0.283. The smallest absolute Gasteiger partial charge is 0.328 e. The van der Waals surface area contributed by atoms with E-state index in [0.717, 1.165) is 6.92 Å². The molecule has 31 heavy (non-hydrogen) atoms. The molecule has 0 saturated heterocycles. The minimum absolute atomic E-state index is 0.460. The van der Waals surface area contributed by atoms with Crippen LogP contribution in [-0.2, 0) is 28.8 Å². The van der Waals surface area contributed by atoms with Gasteiger partial charge in [-0.3, -0.25) is 24.0 Å². The van der Waals surface area contributed by atoms with E-state index in [9.17, 15) is 33.9 Å². The zero-order valence-electron chi connectivity index (χ0n) is 16.5. The summed E-state index contributed by atoms with van der Waals surface area (Å²) < 4.78 is 0. The molecule has 0 aromatic carbocycles. The number of carboxylic acids is 3. The van der Waals surface area contributed by atoms with Crippen molar-refractivity contribution in [3.05, 3.63) is 0 Å². The Morgan fingerprint density at radius 1 is 0.839 bits per heavy atom.